The van der Waals surface area contributed by atoms with Crippen LogP contribution in [-0.4, -0.2) is 0 Å². The van der Waals surface area contributed by atoms with Crippen LogP contribution in [0.1, 0.15) is 0 Å². The Kier molecular flexibility index (Phi) is 4.50. The maximum Gasteiger partial charge on any atom is 0.00211 e. The highest BCUT2D eigenvalue weighted by molar-refractivity contribution is 15.0. The molecule has 2 aromatic carbocycles. The van der Waals surface area contributed by atoms with Crippen molar-refractivity contribution in [3.63, 3.8) is 0 Å². The lowest BCUT2D eigenvalue weighted by atomic mass is 10.2. The molecule has 0 atom stereocenters. The lowest BCUT2D eigenvalue weighted by Gasteiger charge is -1.90. The number of rotatable bonds is 0. The Bertz CT molecular complexity index is 560. The van der Waals surface area contributed by atoms with E-state index >= 15 is 0 Å². The zero-order valence-electron chi connectivity index (χ0n) is 8.82. The molecule has 0 radical (unpaired) electrons. The summed E-state index contributed by atoms with van der Waals surface area (Å²) in [6.07, 6.45) is 0. The van der Waals surface area contributed by atoms with Crippen molar-refractivity contribution < 1.29 is 0 Å². The van der Waals surface area contributed by atoms with Crippen LogP contribution in [0, 0.1) is 0 Å². The predicted molar refractivity (Wildman–Crippen MR) is 93.2 cm³/mol. The highest BCUT2D eigenvalue weighted by atomic mass is 128. The van der Waals surface area contributed by atoms with Gasteiger partial charge in [0.1, 0.15) is 0 Å². The summed E-state index contributed by atoms with van der Waals surface area (Å²) < 4.78 is 0. The van der Waals surface area contributed by atoms with E-state index in [4.69, 9.17) is 0 Å². The zero-order chi connectivity index (χ0) is 11.5. The van der Waals surface area contributed by atoms with Crippen LogP contribution in [0.3, 0.4) is 0 Å². The lowest BCUT2D eigenvalue weighted by Crippen LogP contribution is -1.62. The largest absolute Gasteiger partial charge is 0.112 e. The van der Waals surface area contributed by atoms with Crippen LogP contribution < -0.4 is 0 Å². The second-order valence-electron chi connectivity index (χ2n) is 3.59. The molecule has 0 unspecified atom stereocenters. The molecular weight excluding hydrogens is 441 g/mol. The van der Waals surface area contributed by atoms with Crippen molar-refractivity contribution in [2.75, 3.05) is 0 Å². The molecule has 3 aromatic rings. The Hall–Kier alpha value is 0.200. The molecule has 16 heavy (non-hydrogen) atoms. The van der Waals surface area contributed by atoms with Gasteiger partial charge in [-0.25, -0.2) is 0 Å². The number of aryl methyl sites for hydroxylation is 1. The average molecular weight is 452 g/mol. The van der Waals surface area contributed by atoms with Gasteiger partial charge < -0.3 is 0 Å². The number of halogens is 2. The van der Waals surface area contributed by atoms with Crippen LogP contribution in [0.25, 0.3) is 21.0 Å². The summed E-state index contributed by atoms with van der Waals surface area (Å²) >= 11 is 4.24. The molecule has 0 saturated heterocycles. The molecule has 0 nitrogen and oxygen atoms in total. The Labute approximate surface area is 120 Å². The summed E-state index contributed by atoms with van der Waals surface area (Å²) in [6.45, 7) is 2.35. The first-order chi connectivity index (χ1) is 7.88. The Balaban J connectivity index is 0.000000457. The molecule has 0 fully saturated rings. The summed E-state index contributed by atoms with van der Waals surface area (Å²) in [7, 11) is -0.0967. The third kappa shape index (κ3) is 2.12. The fourth-order valence-electron chi connectivity index (χ4n) is 2.12. The smallest absolute Gasteiger partial charge is 0.00211 e. The number of fused-ring (bicyclic) bond motifs is 3. The van der Waals surface area contributed by atoms with Crippen LogP contribution in [0.4, 0.5) is 0 Å². The number of hydrogen-bond donors (Lipinski definition) is 0. The van der Waals surface area contributed by atoms with Gasteiger partial charge in [-0.05, 0) is 17.4 Å². The molecular formula is C13H11I2P. The number of hydrogen-bond acceptors (Lipinski definition) is 0. The first kappa shape index (κ1) is 12.7. The van der Waals surface area contributed by atoms with Crippen molar-refractivity contribution in [2.45, 2.75) is 0 Å². The quantitative estimate of drug-likeness (QED) is 0.352. The third-order valence-electron chi connectivity index (χ3n) is 2.82. The SMILES string of the molecule is Cp1c2ccccc2c2ccccc21.II. The van der Waals surface area contributed by atoms with E-state index in [2.05, 4.69) is 92.4 Å². The highest BCUT2D eigenvalue weighted by Gasteiger charge is 2.05. The summed E-state index contributed by atoms with van der Waals surface area (Å²) in [5.74, 6) is 0. The molecule has 0 amide bonds. The van der Waals surface area contributed by atoms with Crippen molar-refractivity contribution >= 4 is 65.8 Å². The van der Waals surface area contributed by atoms with Gasteiger partial charge in [-0.1, -0.05) is 48.5 Å². The molecule has 0 aliphatic carbocycles. The van der Waals surface area contributed by atoms with Crippen molar-refractivity contribution in [1.82, 2.24) is 0 Å². The monoisotopic (exact) mass is 452 g/mol. The normalized spacial score (nSPS) is 10.2. The molecule has 1 heterocycles. The minimum atomic E-state index is -0.0967. The van der Waals surface area contributed by atoms with Crippen molar-refractivity contribution in [3.8, 4) is 0 Å². The molecule has 3 rings (SSSR count). The molecule has 0 N–H and O–H groups in total. The van der Waals surface area contributed by atoms with Crippen LogP contribution in [0.15, 0.2) is 48.5 Å². The molecule has 82 valence electrons. The molecule has 0 bridgehead atoms. The second kappa shape index (κ2) is 5.69. The molecule has 0 spiro atoms. The van der Waals surface area contributed by atoms with Gasteiger partial charge in [0.2, 0.25) is 0 Å². The van der Waals surface area contributed by atoms with Gasteiger partial charge in [0.15, 0.2) is 0 Å². The highest BCUT2D eigenvalue weighted by Crippen LogP contribution is 2.46. The van der Waals surface area contributed by atoms with Gasteiger partial charge in [-0.3, -0.25) is 0 Å². The van der Waals surface area contributed by atoms with E-state index < -0.39 is 0 Å². The fourth-order valence-corrected chi connectivity index (χ4v) is 4.11. The van der Waals surface area contributed by atoms with Gasteiger partial charge >= 0.3 is 0 Å². The van der Waals surface area contributed by atoms with Crippen molar-refractivity contribution in [3.05, 3.63) is 48.5 Å². The van der Waals surface area contributed by atoms with E-state index in [9.17, 15) is 0 Å². The van der Waals surface area contributed by atoms with E-state index in [1.807, 2.05) is 0 Å². The molecule has 0 saturated carbocycles. The van der Waals surface area contributed by atoms with Gasteiger partial charge in [0.25, 0.3) is 0 Å². The maximum absolute atomic E-state index is 2.35. The Morgan fingerprint density at radius 2 is 1.12 bits per heavy atom. The van der Waals surface area contributed by atoms with Gasteiger partial charge in [-0.2, -0.15) is 0 Å². The summed E-state index contributed by atoms with van der Waals surface area (Å²) in [5.41, 5.74) is 0. The van der Waals surface area contributed by atoms with Gasteiger partial charge in [0, 0.05) is 47.5 Å². The first-order valence-electron chi connectivity index (χ1n) is 4.94. The third-order valence-corrected chi connectivity index (χ3v) is 5.05. The van der Waals surface area contributed by atoms with Gasteiger partial charge in [-0.15, -0.1) is 7.53 Å². The van der Waals surface area contributed by atoms with E-state index in [1.165, 1.54) is 21.0 Å². The minimum Gasteiger partial charge on any atom is -0.112 e. The van der Waals surface area contributed by atoms with Crippen LogP contribution >= 0.6 is 44.8 Å². The topological polar surface area (TPSA) is 0 Å². The Morgan fingerprint density at radius 1 is 0.750 bits per heavy atom. The van der Waals surface area contributed by atoms with Crippen molar-refractivity contribution in [2.24, 2.45) is 6.66 Å². The average Bonchev–Trinajstić information content (AvgIpc) is 2.67. The van der Waals surface area contributed by atoms with Gasteiger partial charge in [0.05, 0.1) is 0 Å². The first-order valence-corrected chi connectivity index (χ1v) is 13.0. The molecule has 0 aliphatic rings. The second-order valence-corrected chi connectivity index (χ2v) is 5.67. The fraction of sp³-hybridized carbons (Fsp3) is 0.0769. The van der Waals surface area contributed by atoms with Crippen LogP contribution in [0.2, 0.25) is 0 Å². The van der Waals surface area contributed by atoms with E-state index in [0.29, 0.717) is 0 Å². The zero-order valence-corrected chi connectivity index (χ0v) is 14.0. The standard InChI is InChI=1S/C13H11P.I2/c1-14-12-8-4-2-6-10(12)11-7-3-5-9-13(11)14;1-2/h2-9H,1H3;. The molecule has 1 aromatic heterocycles. The van der Waals surface area contributed by atoms with Crippen LogP contribution in [-0.2, 0) is 6.66 Å². The minimum absolute atomic E-state index is 0.0967. The van der Waals surface area contributed by atoms with Crippen molar-refractivity contribution in [1.29, 1.82) is 0 Å². The summed E-state index contributed by atoms with van der Waals surface area (Å²) in [6, 6.07) is 17.5. The summed E-state index contributed by atoms with van der Waals surface area (Å²) in [5, 5.41) is 5.95. The van der Waals surface area contributed by atoms with E-state index in [0.717, 1.165) is 0 Å². The molecule has 0 aliphatic heterocycles. The number of benzene rings is 2. The summed E-state index contributed by atoms with van der Waals surface area (Å²) in [4.78, 5) is 0. The van der Waals surface area contributed by atoms with E-state index in [-0.39, 0.29) is 7.53 Å². The Morgan fingerprint density at radius 3 is 1.56 bits per heavy atom. The molecule has 3 heteroatoms. The van der Waals surface area contributed by atoms with Crippen LogP contribution in [0.5, 0.6) is 0 Å². The van der Waals surface area contributed by atoms with E-state index in [1.54, 1.807) is 0 Å². The maximum atomic E-state index is 2.35. The lowest BCUT2D eigenvalue weighted by molar-refractivity contribution is 1.84. The predicted octanol–water partition coefficient (Wildman–Crippen LogP) is 6.29.